The summed E-state index contributed by atoms with van der Waals surface area (Å²) < 4.78 is 10.8. The Bertz CT molecular complexity index is 660. The van der Waals surface area contributed by atoms with E-state index < -0.39 is 0 Å². The molecular weight excluding hydrogens is 272 g/mol. The van der Waals surface area contributed by atoms with Crippen LogP contribution >= 0.6 is 11.3 Å². The van der Waals surface area contributed by atoms with E-state index in [0.717, 1.165) is 17.0 Å². The quantitative estimate of drug-likeness (QED) is 0.712. The Morgan fingerprint density at radius 2 is 2.05 bits per heavy atom. The summed E-state index contributed by atoms with van der Waals surface area (Å²) in [6, 6.07) is 11.9. The van der Waals surface area contributed by atoms with Crippen LogP contribution in [0.4, 0.5) is 0 Å². The molecule has 1 aromatic carbocycles. The van der Waals surface area contributed by atoms with E-state index in [1.165, 1.54) is 5.56 Å². The molecule has 0 spiro atoms. The molecule has 0 radical (unpaired) electrons. The Morgan fingerprint density at radius 1 is 1.20 bits per heavy atom. The number of thiophene rings is 1. The molecule has 0 amide bonds. The number of hydrogen-bond acceptors (Lipinski definition) is 5. The minimum absolute atomic E-state index is 0.282. The second-order valence-corrected chi connectivity index (χ2v) is 5.22. The van der Waals surface area contributed by atoms with Gasteiger partial charge in [0.15, 0.2) is 6.61 Å². The molecule has 2 heterocycles. The molecule has 0 unspecified atom stereocenters. The lowest BCUT2D eigenvalue weighted by atomic mass is 10.2. The minimum Gasteiger partial charge on any atom is -0.484 e. The summed E-state index contributed by atoms with van der Waals surface area (Å²) in [5.74, 6) is 1.89. The number of aromatic nitrogens is 2. The monoisotopic (exact) mass is 286 g/mol. The molecule has 3 rings (SSSR count). The highest BCUT2D eigenvalue weighted by molar-refractivity contribution is 7.13. The molecule has 0 aliphatic carbocycles. The molecule has 20 heavy (non-hydrogen) atoms. The first-order valence-electron chi connectivity index (χ1n) is 6.43. The third kappa shape index (κ3) is 2.88. The van der Waals surface area contributed by atoms with Crippen LogP contribution in [0.1, 0.15) is 18.4 Å². The molecule has 0 aliphatic heterocycles. The van der Waals surface area contributed by atoms with Crippen LogP contribution in [-0.4, -0.2) is 10.1 Å². The van der Waals surface area contributed by atoms with Crippen LogP contribution in [0.5, 0.6) is 5.75 Å². The van der Waals surface area contributed by atoms with Crippen molar-refractivity contribution in [2.75, 3.05) is 0 Å². The average molecular weight is 286 g/mol. The van der Waals surface area contributed by atoms with E-state index in [2.05, 4.69) is 29.2 Å². The number of aryl methyl sites for hydroxylation is 1. The van der Waals surface area contributed by atoms with E-state index in [-0.39, 0.29) is 6.61 Å². The maximum Gasteiger partial charge on any atom is 0.264 e. The maximum absolute atomic E-state index is 5.63. The fourth-order valence-electron chi connectivity index (χ4n) is 1.79. The van der Waals surface area contributed by atoms with Gasteiger partial charge in [-0.05, 0) is 35.6 Å². The van der Waals surface area contributed by atoms with Crippen LogP contribution in [0.2, 0.25) is 0 Å². The molecule has 3 aromatic rings. The molecule has 2 aromatic heterocycles. The van der Waals surface area contributed by atoms with Crippen LogP contribution in [0.3, 0.4) is 0 Å². The van der Waals surface area contributed by atoms with Gasteiger partial charge in [-0.3, -0.25) is 0 Å². The lowest BCUT2D eigenvalue weighted by Gasteiger charge is -2.03. The van der Waals surface area contributed by atoms with Crippen molar-refractivity contribution in [1.29, 1.82) is 0 Å². The first kappa shape index (κ1) is 12.9. The van der Waals surface area contributed by atoms with Crippen molar-refractivity contribution in [3.63, 3.8) is 0 Å². The van der Waals surface area contributed by atoms with Gasteiger partial charge in [-0.25, -0.2) is 0 Å². The first-order chi connectivity index (χ1) is 9.85. The lowest BCUT2D eigenvalue weighted by molar-refractivity contribution is 0.243. The lowest BCUT2D eigenvalue weighted by Crippen LogP contribution is -1.95. The summed E-state index contributed by atoms with van der Waals surface area (Å²) in [6.07, 6.45) is 1.02. The van der Waals surface area contributed by atoms with Gasteiger partial charge < -0.3 is 9.26 Å². The van der Waals surface area contributed by atoms with Crippen molar-refractivity contribution < 1.29 is 9.26 Å². The van der Waals surface area contributed by atoms with E-state index in [1.807, 2.05) is 29.6 Å². The third-order valence-corrected chi connectivity index (χ3v) is 3.77. The zero-order valence-electron chi connectivity index (χ0n) is 11.1. The molecule has 0 atom stereocenters. The van der Waals surface area contributed by atoms with Gasteiger partial charge in [0.25, 0.3) is 5.89 Å². The molecule has 5 heteroatoms. The summed E-state index contributed by atoms with van der Waals surface area (Å²) in [6.45, 7) is 2.41. The zero-order valence-corrected chi connectivity index (χ0v) is 11.9. The van der Waals surface area contributed by atoms with Gasteiger partial charge >= 0.3 is 0 Å². The van der Waals surface area contributed by atoms with Crippen molar-refractivity contribution in [2.45, 2.75) is 20.0 Å². The SMILES string of the molecule is CCc1ccc(OCc2nc(-c3cccs3)no2)cc1. The molecular formula is C15H14N2O2S. The number of nitrogens with zero attached hydrogens (tertiary/aromatic N) is 2. The van der Waals surface area contributed by atoms with Gasteiger partial charge in [-0.2, -0.15) is 4.98 Å². The smallest absolute Gasteiger partial charge is 0.264 e. The molecule has 0 N–H and O–H groups in total. The van der Waals surface area contributed by atoms with Gasteiger partial charge in [-0.15, -0.1) is 11.3 Å². The first-order valence-corrected chi connectivity index (χ1v) is 7.31. The van der Waals surface area contributed by atoms with E-state index >= 15 is 0 Å². The van der Waals surface area contributed by atoms with E-state index in [1.54, 1.807) is 11.3 Å². The Kier molecular flexibility index (Phi) is 3.78. The highest BCUT2D eigenvalue weighted by Gasteiger charge is 2.09. The topological polar surface area (TPSA) is 48.2 Å². The van der Waals surface area contributed by atoms with Gasteiger partial charge in [0.05, 0.1) is 4.88 Å². The highest BCUT2D eigenvalue weighted by atomic mass is 32.1. The van der Waals surface area contributed by atoms with Gasteiger partial charge in [0.1, 0.15) is 5.75 Å². The number of ether oxygens (including phenoxy) is 1. The molecule has 0 saturated carbocycles. The number of rotatable bonds is 5. The van der Waals surface area contributed by atoms with Crippen molar-refractivity contribution in [1.82, 2.24) is 10.1 Å². The Hall–Kier alpha value is -2.14. The summed E-state index contributed by atoms with van der Waals surface area (Å²) in [4.78, 5) is 5.30. The second-order valence-electron chi connectivity index (χ2n) is 4.28. The molecule has 0 saturated heterocycles. The Labute approximate surface area is 121 Å². The molecule has 102 valence electrons. The standard InChI is InChI=1S/C15H14N2O2S/c1-2-11-5-7-12(8-6-11)18-10-14-16-15(17-19-14)13-4-3-9-20-13/h3-9H,2,10H2,1H3. The summed E-state index contributed by atoms with van der Waals surface area (Å²) in [7, 11) is 0. The van der Waals surface area contributed by atoms with Crippen molar-refractivity contribution >= 4 is 11.3 Å². The van der Waals surface area contributed by atoms with E-state index in [4.69, 9.17) is 9.26 Å². The molecule has 0 aliphatic rings. The molecule has 0 bridgehead atoms. The van der Waals surface area contributed by atoms with Crippen molar-refractivity contribution in [2.24, 2.45) is 0 Å². The van der Waals surface area contributed by atoms with Gasteiger partial charge in [0.2, 0.25) is 5.82 Å². The normalized spacial score (nSPS) is 10.7. The maximum atomic E-state index is 5.63. The van der Waals surface area contributed by atoms with Crippen LogP contribution in [0.25, 0.3) is 10.7 Å². The fourth-order valence-corrected chi connectivity index (χ4v) is 2.44. The predicted octanol–water partition coefficient (Wildman–Crippen LogP) is 3.94. The highest BCUT2D eigenvalue weighted by Crippen LogP contribution is 2.21. The summed E-state index contributed by atoms with van der Waals surface area (Å²) >= 11 is 1.58. The number of hydrogen-bond donors (Lipinski definition) is 0. The summed E-state index contributed by atoms with van der Waals surface area (Å²) in [5, 5.41) is 5.93. The average Bonchev–Trinajstić information content (AvgIpc) is 3.16. The Balaban J connectivity index is 1.63. The molecule has 4 nitrogen and oxygen atoms in total. The largest absolute Gasteiger partial charge is 0.484 e. The Morgan fingerprint density at radius 3 is 2.75 bits per heavy atom. The van der Waals surface area contributed by atoms with Crippen LogP contribution in [-0.2, 0) is 13.0 Å². The van der Waals surface area contributed by atoms with Crippen molar-refractivity contribution in [3.8, 4) is 16.5 Å². The fraction of sp³-hybridized carbons (Fsp3) is 0.200. The molecule has 0 fully saturated rings. The van der Waals surface area contributed by atoms with E-state index in [9.17, 15) is 0 Å². The van der Waals surface area contributed by atoms with Crippen molar-refractivity contribution in [3.05, 3.63) is 53.2 Å². The third-order valence-electron chi connectivity index (χ3n) is 2.90. The second kappa shape index (κ2) is 5.88. The van der Waals surface area contributed by atoms with Gasteiger partial charge in [-0.1, -0.05) is 30.3 Å². The number of benzene rings is 1. The van der Waals surface area contributed by atoms with Crippen LogP contribution < -0.4 is 4.74 Å². The van der Waals surface area contributed by atoms with Crippen LogP contribution in [0, 0.1) is 0 Å². The predicted molar refractivity (Wildman–Crippen MR) is 77.8 cm³/mol. The summed E-state index contributed by atoms with van der Waals surface area (Å²) in [5.41, 5.74) is 1.29. The zero-order chi connectivity index (χ0) is 13.8. The van der Waals surface area contributed by atoms with Crippen LogP contribution in [0.15, 0.2) is 46.3 Å². The van der Waals surface area contributed by atoms with E-state index in [0.29, 0.717) is 11.7 Å². The van der Waals surface area contributed by atoms with Gasteiger partial charge in [0, 0.05) is 0 Å². The minimum atomic E-state index is 0.282.